The highest BCUT2D eigenvalue weighted by Gasteiger charge is 2.01. The fourth-order valence-electron chi connectivity index (χ4n) is 1.32. The summed E-state index contributed by atoms with van der Waals surface area (Å²) in [5, 5.41) is 4.33. The summed E-state index contributed by atoms with van der Waals surface area (Å²) in [4.78, 5) is 0. The smallest absolute Gasteiger partial charge is 0.0524 e. The highest BCUT2D eigenvalue weighted by molar-refractivity contribution is 5.08. The molecule has 13 heavy (non-hydrogen) atoms. The van der Waals surface area contributed by atoms with Gasteiger partial charge >= 0.3 is 0 Å². The number of hydrogen-bond acceptors (Lipinski definition) is 1. The number of nitrogens with zero attached hydrogens (tertiary/aromatic N) is 2. The third kappa shape index (κ3) is 3.21. The van der Waals surface area contributed by atoms with E-state index in [0.29, 0.717) is 5.92 Å². The number of hydrogen-bond donors (Lipinski definition) is 0. The maximum atomic E-state index is 4.33. The molecule has 1 aromatic heterocycles. The van der Waals surface area contributed by atoms with Crippen LogP contribution in [0.1, 0.15) is 51.5 Å². The van der Waals surface area contributed by atoms with Crippen LogP contribution in [0.4, 0.5) is 0 Å². The van der Waals surface area contributed by atoms with Gasteiger partial charge in [-0.3, -0.25) is 4.68 Å². The van der Waals surface area contributed by atoms with Crippen molar-refractivity contribution in [3.63, 3.8) is 0 Å². The lowest BCUT2D eigenvalue weighted by molar-refractivity contribution is 0.552. The molecule has 0 N–H and O–H groups in total. The minimum atomic E-state index is 0.597. The van der Waals surface area contributed by atoms with Gasteiger partial charge in [-0.2, -0.15) is 5.10 Å². The zero-order valence-electron chi connectivity index (χ0n) is 8.95. The predicted molar refractivity (Wildman–Crippen MR) is 55.8 cm³/mol. The molecule has 0 saturated carbocycles. The van der Waals surface area contributed by atoms with Crippen molar-refractivity contribution < 1.29 is 0 Å². The molecule has 2 nitrogen and oxygen atoms in total. The van der Waals surface area contributed by atoms with Crippen molar-refractivity contribution in [3.8, 4) is 0 Å². The Morgan fingerprint density at radius 3 is 2.69 bits per heavy atom. The Morgan fingerprint density at radius 1 is 1.38 bits per heavy atom. The van der Waals surface area contributed by atoms with Crippen LogP contribution in [0.3, 0.4) is 0 Å². The highest BCUT2D eigenvalue weighted by atomic mass is 15.3. The molecule has 0 fully saturated rings. The van der Waals surface area contributed by atoms with Crippen LogP contribution in [0.2, 0.25) is 0 Å². The molecule has 1 rings (SSSR count). The highest BCUT2D eigenvalue weighted by Crippen LogP contribution is 2.12. The van der Waals surface area contributed by atoms with Crippen molar-refractivity contribution in [2.24, 2.45) is 0 Å². The zero-order valence-corrected chi connectivity index (χ0v) is 8.95. The third-order valence-electron chi connectivity index (χ3n) is 2.31. The van der Waals surface area contributed by atoms with Gasteiger partial charge in [-0.25, -0.2) is 0 Å². The van der Waals surface area contributed by atoms with Crippen molar-refractivity contribution in [3.05, 3.63) is 18.0 Å². The SMILES string of the molecule is CCCCCn1cc(C(C)C)cn1. The molecule has 0 atom stereocenters. The second-order valence-electron chi connectivity index (χ2n) is 3.90. The van der Waals surface area contributed by atoms with Gasteiger partial charge in [0.15, 0.2) is 0 Å². The molecule has 0 radical (unpaired) electrons. The lowest BCUT2D eigenvalue weighted by Crippen LogP contribution is -1.97. The Labute approximate surface area is 81.0 Å². The van der Waals surface area contributed by atoms with Crippen LogP contribution in [0, 0.1) is 0 Å². The third-order valence-corrected chi connectivity index (χ3v) is 2.31. The Morgan fingerprint density at radius 2 is 2.15 bits per heavy atom. The maximum absolute atomic E-state index is 4.33. The first-order valence-corrected chi connectivity index (χ1v) is 5.26. The summed E-state index contributed by atoms with van der Waals surface area (Å²) in [6, 6.07) is 0. The van der Waals surface area contributed by atoms with E-state index in [0.717, 1.165) is 6.54 Å². The topological polar surface area (TPSA) is 17.8 Å². The standard InChI is InChI=1S/C11H20N2/c1-4-5-6-7-13-9-11(8-12-13)10(2)3/h8-10H,4-7H2,1-3H3. The average molecular weight is 180 g/mol. The molecule has 0 bridgehead atoms. The van der Waals surface area contributed by atoms with E-state index in [9.17, 15) is 0 Å². The van der Waals surface area contributed by atoms with Gasteiger partial charge in [-0.15, -0.1) is 0 Å². The first kappa shape index (κ1) is 10.3. The van der Waals surface area contributed by atoms with Crippen LogP contribution in [-0.4, -0.2) is 9.78 Å². The normalized spacial score (nSPS) is 11.1. The summed E-state index contributed by atoms with van der Waals surface area (Å²) < 4.78 is 2.06. The molecule has 0 aliphatic heterocycles. The summed E-state index contributed by atoms with van der Waals surface area (Å²) in [5.74, 6) is 0.597. The van der Waals surface area contributed by atoms with Gasteiger partial charge in [0, 0.05) is 12.7 Å². The van der Waals surface area contributed by atoms with E-state index in [4.69, 9.17) is 0 Å². The van der Waals surface area contributed by atoms with Crippen LogP contribution >= 0.6 is 0 Å². The van der Waals surface area contributed by atoms with Gasteiger partial charge in [0.05, 0.1) is 6.20 Å². The number of unbranched alkanes of at least 4 members (excludes halogenated alkanes) is 2. The molecule has 0 aliphatic carbocycles. The molecular formula is C11H20N2. The van der Waals surface area contributed by atoms with Crippen molar-refractivity contribution in [2.45, 2.75) is 52.5 Å². The summed E-state index contributed by atoms with van der Waals surface area (Å²) in [6.07, 6.45) is 7.97. The lowest BCUT2D eigenvalue weighted by atomic mass is 10.1. The number of rotatable bonds is 5. The second kappa shape index (κ2) is 5.05. The quantitative estimate of drug-likeness (QED) is 0.636. The van der Waals surface area contributed by atoms with Gasteiger partial charge in [0.25, 0.3) is 0 Å². The molecule has 0 spiro atoms. The van der Waals surface area contributed by atoms with Gasteiger partial charge in [-0.05, 0) is 17.9 Å². The van der Waals surface area contributed by atoms with Crippen LogP contribution in [-0.2, 0) is 6.54 Å². The van der Waals surface area contributed by atoms with Gasteiger partial charge in [0.1, 0.15) is 0 Å². The van der Waals surface area contributed by atoms with Gasteiger partial charge < -0.3 is 0 Å². The molecule has 1 aromatic rings. The number of aryl methyl sites for hydroxylation is 1. The molecule has 2 heteroatoms. The van der Waals surface area contributed by atoms with E-state index >= 15 is 0 Å². The summed E-state index contributed by atoms with van der Waals surface area (Å²) in [6.45, 7) is 7.70. The van der Waals surface area contributed by atoms with Crippen molar-refractivity contribution >= 4 is 0 Å². The molecule has 0 aliphatic rings. The monoisotopic (exact) mass is 180 g/mol. The minimum absolute atomic E-state index is 0.597. The van der Waals surface area contributed by atoms with Crippen LogP contribution in [0.25, 0.3) is 0 Å². The zero-order chi connectivity index (χ0) is 9.68. The summed E-state index contributed by atoms with van der Waals surface area (Å²) >= 11 is 0. The molecule has 0 amide bonds. The molecule has 0 aromatic carbocycles. The summed E-state index contributed by atoms with van der Waals surface area (Å²) in [7, 11) is 0. The van der Waals surface area contributed by atoms with E-state index in [1.807, 2.05) is 6.20 Å². The van der Waals surface area contributed by atoms with Crippen molar-refractivity contribution in [2.75, 3.05) is 0 Å². The van der Waals surface area contributed by atoms with Crippen LogP contribution in [0.15, 0.2) is 12.4 Å². The summed E-state index contributed by atoms with van der Waals surface area (Å²) in [5.41, 5.74) is 1.34. The Balaban J connectivity index is 2.40. The lowest BCUT2D eigenvalue weighted by Gasteiger charge is -2.00. The Bertz CT molecular complexity index is 238. The second-order valence-corrected chi connectivity index (χ2v) is 3.90. The van der Waals surface area contributed by atoms with E-state index in [2.05, 4.69) is 36.7 Å². The van der Waals surface area contributed by atoms with E-state index in [1.165, 1.54) is 24.8 Å². The largest absolute Gasteiger partial charge is 0.272 e. The first-order valence-electron chi connectivity index (χ1n) is 5.26. The van der Waals surface area contributed by atoms with Crippen molar-refractivity contribution in [1.29, 1.82) is 0 Å². The average Bonchev–Trinajstić information content (AvgIpc) is 2.53. The van der Waals surface area contributed by atoms with Gasteiger partial charge in [0.2, 0.25) is 0 Å². The fourth-order valence-corrected chi connectivity index (χ4v) is 1.32. The molecule has 0 unspecified atom stereocenters. The van der Waals surface area contributed by atoms with E-state index in [1.54, 1.807) is 0 Å². The van der Waals surface area contributed by atoms with Gasteiger partial charge in [-0.1, -0.05) is 33.6 Å². The van der Waals surface area contributed by atoms with Crippen LogP contribution in [0.5, 0.6) is 0 Å². The minimum Gasteiger partial charge on any atom is -0.272 e. The van der Waals surface area contributed by atoms with E-state index in [-0.39, 0.29) is 0 Å². The predicted octanol–water partition coefficient (Wildman–Crippen LogP) is 3.20. The molecular weight excluding hydrogens is 160 g/mol. The maximum Gasteiger partial charge on any atom is 0.0524 e. The number of aromatic nitrogens is 2. The molecule has 74 valence electrons. The molecule has 1 heterocycles. The Hall–Kier alpha value is -0.790. The molecule has 0 saturated heterocycles. The van der Waals surface area contributed by atoms with Crippen LogP contribution < -0.4 is 0 Å². The van der Waals surface area contributed by atoms with Crippen molar-refractivity contribution in [1.82, 2.24) is 9.78 Å². The van der Waals surface area contributed by atoms with E-state index < -0.39 is 0 Å². The Kier molecular flexibility index (Phi) is 4.00. The first-order chi connectivity index (χ1) is 6.24. The fraction of sp³-hybridized carbons (Fsp3) is 0.727.